The number of carbonyl (C=O) groups is 1. The predicted octanol–water partition coefficient (Wildman–Crippen LogP) is 3.30. The molecule has 0 saturated heterocycles. The van der Waals surface area contributed by atoms with Gasteiger partial charge < -0.3 is 9.47 Å². The van der Waals surface area contributed by atoms with E-state index in [1.165, 1.54) is 6.26 Å². The number of aldehydes is 1. The van der Waals surface area contributed by atoms with Gasteiger partial charge in [-0.3, -0.25) is 4.79 Å². The SMILES string of the molecule is C=C=C/C=C\C=C\Oc1cc(C=O)ccc1OC. The first-order valence-corrected chi connectivity index (χ1v) is 5.29. The maximum atomic E-state index is 10.7. The summed E-state index contributed by atoms with van der Waals surface area (Å²) in [7, 11) is 1.54. The molecule has 92 valence electrons. The van der Waals surface area contributed by atoms with Gasteiger partial charge >= 0.3 is 0 Å². The van der Waals surface area contributed by atoms with Crippen molar-refractivity contribution in [3.8, 4) is 11.5 Å². The zero-order valence-corrected chi connectivity index (χ0v) is 10.1. The summed E-state index contributed by atoms with van der Waals surface area (Å²) in [6.45, 7) is 3.43. The van der Waals surface area contributed by atoms with E-state index in [-0.39, 0.29) is 0 Å². The standard InChI is InChI=1S/C15H14O3/c1-3-4-5-6-7-10-18-15-11-13(12-16)8-9-14(15)17-2/h4-12H,1H2,2H3/b6-5-,10-7+. The van der Waals surface area contributed by atoms with Gasteiger partial charge in [0, 0.05) is 5.56 Å². The van der Waals surface area contributed by atoms with Crippen LogP contribution in [0.3, 0.4) is 0 Å². The Kier molecular flexibility index (Phi) is 5.81. The summed E-state index contributed by atoms with van der Waals surface area (Å²) in [5.74, 6) is 1.06. The van der Waals surface area contributed by atoms with Gasteiger partial charge in [-0.05, 0) is 30.4 Å². The van der Waals surface area contributed by atoms with E-state index < -0.39 is 0 Å². The van der Waals surface area contributed by atoms with Crippen LogP contribution >= 0.6 is 0 Å². The van der Waals surface area contributed by atoms with Gasteiger partial charge in [0.1, 0.15) is 6.29 Å². The number of ether oxygens (including phenoxy) is 2. The van der Waals surface area contributed by atoms with Gasteiger partial charge in [0.05, 0.1) is 13.4 Å². The lowest BCUT2D eigenvalue weighted by Crippen LogP contribution is -1.91. The summed E-state index contributed by atoms with van der Waals surface area (Å²) >= 11 is 0. The minimum absolute atomic E-state index is 0.492. The first-order valence-electron chi connectivity index (χ1n) is 5.29. The van der Waals surface area contributed by atoms with E-state index in [1.54, 1.807) is 49.6 Å². The summed E-state index contributed by atoms with van der Waals surface area (Å²) < 4.78 is 10.5. The fraction of sp³-hybridized carbons (Fsp3) is 0.0667. The lowest BCUT2D eigenvalue weighted by atomic mass is 10.2. The first kappa shape index (κ1) is 13.6. The van der Waals surface area contributed by atoms with Crippen molar-refractivity contribution in [2.75, 3.05) is 7.11 Å². The zero-order chi connectivity index (χ0) is 13.2. The smallest absolute Gasteiger partial charge is 0.169 e. The van der Waals surface area contributed by atoms with Crippen LogP contribution in [-0.4, -0.2) is 13.4 Å². The molecule has 18 heavy (non-hydrogen) atoms. The third-order valence-electron chi connectivity index (χ3n) is 2.03. The highest BCUT2D eigenvalue weighted by Crippen LogP contribution is 2.27. The molecule has 0 aromatic heterocycles. The van der Waals surface area contributed by atoms with E-state index in [0.29, 0.717) is 17.1 Å². The summed E-state index contributed by atoms with van der Waals surface area (Å²) in [6.07, 6.45) is 9.18. The maximum Gasteiger partial charge on any atom is 0.169 e. The normalized spacial score (nSPS) is 10.3. The second-order valence-corrected chi connectivity index (χ2v) is 3.23. The molecule has 1 rings (SSSR count). The Morgan fingerprint density at radius 1 is 1.22 bits per heavy atom. The summed E-state index contributed by atoms with van der Waals surface area (Å²) in [4.78, 5) is 10.7. The van der Waals surface area contributed by atoms with Crippen molar-refractivity contribution in [3.05, 3.63) is 66.6 Å². The molecule has 0 amide bonds. The topological polar surface area (TPSA) is 35.5 Å². The molecule has 0 aliphatic rings. The molecule has 0 heterocycles. The molecule has 0 unspecified atom stereocenters. The monoisotopic (exact) mass is 242 g/mol. The molecule has 0 saturated carbocycles. The number of hydrogen-bond acceptors (Lipinski definition) is 3. The Balaban J connectivity index is 2.76. The van der Waals surface area contributed by atoms with Crippen molar-refractivity contribution in [2.24, 2.45) is 0 Å². The van der Waals surface area contributed by atoms with E-state index in [9.17, 15) is 4.79 Å². The molecule has 0 radical (unpaired) electrons. The molecule has 1 aromatic carbocycles. The lowest BCUT2D eigenvalue weighted by Gasteiger charge is -2.07. The van der Waals surface area contributed by atoms with Crippen LogP contribution in [0.2, 0.25) is 0 Å². The second kappa shape index (κ2) is 7.71. The Morgan fingerprint density at radius 2 is 2.06 bits per heavy atom. The van der Waals surface area contributed by atoms with Gasteiger partial charge in [-0.1, -0.05) is 18.7 Å². The molecule has 0 aliphatic heterocycles. The van der Waals surface area contributed by atoms with Crippen LogP contribution in [0.15, 0.2) is 61.1 Å². The van der Waals surface area contributed by atoms with Gasteiger partial charge in [-0.15, -0.1) is 5.73 Å². The number of rotatable bonds is 6. The van der Waals surface area contributed by atoms with Crippen molar-refractivity contribution in [2.45, 2.75) is 0 Å². The maximum absolute atomic E-state index is 10.7. The summed E-state index contributed by atoms with van der Waals surface area (Å²) in [6, 6.07) is 4.96. The van der Waals surface area contributed by atoms with E-state index in [0.717, 1.165) is 6.29 Å². The molecule has 1 aromatic rings. The molecule has 0 aliphatic carbocycles. The summed E-state index contributed by atoms with van der Waals surface area (Å²) in [5.41, 5.74) is 3.15. The number of allylic oxidation sites excluding steroid dienone is 4. The van der Waals surface area contributed by atoms with Crippen molar-refractivity contribution in [1.29, 1.82) is 0 Å². The largest absolute Gasteiger partial charge is 0.493 e. The van der Waals surface area contributed by atoms with Crippen molar-refractivity contribution in [1.82, 2.24) is 0 Å². The fourth-order valence-electron chi connectivity index (χ4n) is 1.20. The van der Waals surface area contributed by atoms with Crippen LogP contribution in [0.1, 0.15) is 10.4 Å². The third-order valence-corrected chi connectivity index (χ3v) is 2.03. The quantitative estimate of drug-likeness (QED) is 0.332. The zero-order valence-electron chi connectivity index (χ0n) is 10.1. The molecule has 0 spiro atoms. The van der Waals surface area contributed by atoms with Gasteiger partial charge in [-0.2, -0.15) is 0 Å². The van der Waals surface area contributed by atoms with Crippen molar-refractivity contribution >= 4 is 6.29 Å². The Bertz CT molecular complexity index is 506. The molecular weight excluding hydrogens is 228 g/mol. The number of benzene rings is 1. The van der Waals surface area contributed by atoms with Gasteiger partial charge in [0.15, 0.2) is 11.5 Å². The molecule has 0 bridgehead atoms. The molecule has 3 heteroatoms. The third kappa shape index (κ3) is 4.16. The lowest BCUT2D eigenvalue weighted by molar-refractivity contribution is 0.112. The minimum Gasteiger partial charge on any atom is -0.493 e. The van der Waals surface area contributed by atoms with Gasteiger partial charge in [0.2, 0.25) is 0 Å². The second-order valence-electron chi connectivity index (χ2n) is 3.23. The molecular formula is C15H14O3. The van der Waals surface area contributed by atoms with Crippen LogP contribution in [0, 0.1) is 0 Å². The van der Waals surface area contributed by atoms with E-state index in [4.69, 9.17) is 9.47 Å². The van der Waals surface area contributed by atoms with Crippen LogP contribution in [0.25, 0.3) is 0 Å². The number of hydrogen-bond donors (Lipinski definition) is 0. The summed E-state index contributed by atoms with van der Waals surface area (Å²) in [5, 5.41) is 0. The number of carbonyl (C=O) groups excluding carboxylic acids is 1. The van der Waals surface area contributed by atoms with Crippen LogP contribution in [-0.2, 0) is 0 Å². The average molecular weight is 242 g/mol. The highest BCUT2D eigenvalue weighted by molar-refractivity contribution is 5.76. The molecule has 0 N–H and O–H groups in total. The highest BCUT2D eigenvalue weighted by Gasteiger charge is 2.03. The molecule has 3 nitrogen and oxygen atoms in total. The molecule has 0 atom stereocenters. The average Bonchev–Trinajstić information content (AvgIpc) is 2.42. The Morgan fingerprint density at radius 3 is 2.72 bits per heavy atom. The van der Waals surface area contributed by atoms with Crippen LogP contribution in [0.5, 0.6) is 11.5 Å². The minimum atomic E-state index is 0.492. The van der Waals surface area contributed by atoms with Gasteiger partial charge in [-0.25, -0.2) is 0 Å². The van der Waals surface area contributed by atoms with Gasteiger partial charge in [0.25, 0.3) is 0 Å². The van der Waals surface area contributed by atoms with E-state index in [2.05, 4.69) is 12.3 Å². The van der Waals surface area contributed by atoms with E-state index in [1.807, 2.05) is 0 Å². The molecule has 0 fully saturated rings. The van der Waals surface area contributed by atoms with Crippen LogP contribution in [0.4, 0.5) is 0 Å². The predicted molar refractivity (Wildman–Crippen MR) is 71.0 cm³/mol. The number of methoxy groups -OCH3 is 1. The first-order chi connectivity index (χ1) is 8.81. The fourth-order valence-corrected chi connectivity index (χ4v) is 1.20. The highest BCUT2D eigenvalue weighted by atomic mass is 16.5. The Hall–Kier alpha value is -2.51. The van der Waals surface area contributed by atoms with Crippen molar-refractivity contribution < 1.29 is 14.3 Å². The van der Waals surface area contributed by atoms with Crippen LogP contribution < -0.4 is 9.47 Å². The Labute approximate surface area is 106 Å². The van der Waals surface area contributed by atoms with Crippen molar-refractivity contribution in [3.63, 3.8) is 0 Å². The van der Waals surface area contributed by atoms with E-state index >= 15 is 0 Å².